The Morgan fingerprint density at radius 3 is 0.444 bits per heavy atom. The third kappa shape index (κ3) is 354. The Morgan fingerprint density at radius 2 is 0.444 bits per heavy atom. The molecule has 60 valence electrons. The summed E-state index contributed by atoms with van der Waals surface area (Å²) in [5.74, 6) is 0. The van der Waals surface area contributed by atoms with Crippen LogP contribution in [-0.4, -0.2) is 37.5 Å². The average molecular weight is 218 g/mol. The van der Waals surface area contributed by atoms with Gasteiger partial charge >= 0.3 is 0 Å². The third-order valence-electron chi connectivity index (χ3n) is 0. The summed E-state index contributed by atoms with van der Waals surface area (Å²) in [5.41, 5.74) is 0. The van der Waals surface area contributed by atoms with Gasteiger partial charge in [-0.3, -0.25) is 21.0 Å². The first kappa shape index (κ1) is 85.7. The summed E-state index contributed by atoms with van der Waals surface area (Å²) >= 11 is 0. The van der Waals surface area contributed by atoms with Gasteiger partial charge in [-0.05, 0) is 0 Å². The van der Waals surface area contributed by atoms with Crippen molar-refractivity contribution in [1.29, 1.82) is 0 Å². The van der Waals surface area contributed by atoms with E-state index in [2.05, 4.69) is 0 Å². The molecule has 0 spiro atoms. The molecule has 0 aliphatic rings. The molecule has 0 aromatic carbocycles. The molecule has 0 radical (unpaired) electrons. The predicted molar refractivity (Wildman–Crippen MR) is 21.4 cm³/mol. The second kappa shape index (κ2) is 460. The molecule has 0 rings (SSSR count). The van der Waals surface area contributed by atoms with E-state index in [0.29, 0.717) is 0 Å². The van der Waals surface area contributed by atoms with Crippen molar-refractivity contribution < 1.29 is 80.9 Å². The van der Waals surface area contributed by atoms with E-state index < -0.39 is 0 Å². The van der Waals surface area contributed by atoms with Gasteiger partial charge in [0.2, 0.25) is 0 Å². The molecule has 0 aliphatic carbocycles. The van der Waals surface area contributed by atoms with Crippen LogP contribution in [0.25, 0.3) is 0 Å². The van der Waals surface area contributed by atoms with E-state index in [1.807, 2.05) is 0 Å². The summed E-state index contributed by atoms with van der Waals surface area (Å²) in [4.78, 5) is 0. The van der Waals surface area contributed by atoms with E-state index in [-0.39, 0.29) is 59.9 Å². The molecule has 0 saturated heterocycles. The molecule has 9 heteroatoms. The van der Waals surface area contributed by atoms with Crippen molar-refractivity contribution in [1.82, 2.24) is 0 Å². The molecule has 7 nitrogen and oxygen atoms in total. The van der Waals surface area contributed by atoms with Crippen LogP contribution >= 0.6 is 0 Å². The van der Waals surface area contributed by atoms with Crippen molar-refractivity contribution in [3.63, 3.8) is 0 Å². The summed E-state index contributed by atoms with van der Waals surface area (Å²) < 4.78 is 0. The smallest absolute Gasteiger partial charge is 0 e. The van der Waals surface area contributed by atoms with Gasteiger partial charge in [0.15, 0.2) is 0 Å². The van der Waals surface area contributed by atoms with Crippen molar-refractivity contribution in [3.05, 3.63) is 0 Å². The standard InChI is InChI=1S/2H2O2.3H2O.2Ti/c2*1-2;;;;;/h2*1-2H;3*1H2;;. The molecule has 0 aromatic heterocycles. The van der Waals surface area contributed by atoms with Crippen molar-refractivity contribution in [3.8, 4) is 0 Å². The van der Waals surface area contributed by atoms with Crippen molar-refractivity contribution >= 4 is 0 Å². The molecule has 0 unspecified atom stereocenters. The molecular weight excluding hydrogens is 208 g/mol. The van der Waals surface area contributed by atoms with Crippen molar-refractivity contribution in [2.45, 2.75) is 0 Å². The van der Waals surface area contributed by atoms with E-state index in [0.717, 1.165) is 0 Å². The fourth-order valence-corrected chi connectivity index (χ4v) is 0. The minimum absolute atomic E-state index is 0. The van der Waals surface area contributed by atoms with Gasteiger partial charge in [0.05, 0.1) is 0 Å². The zero-order chi connectivity index (χ0) is 4.00. The van der Waals surface area contributed by atoms with E-state index in [1.165, 1.54) is 0 Å². The Morgan fingerprint density at radius 1 is 0.444 bits per heavy atom. The van der Waals surface area contributed by atoms with Crippen LogP contribution in [0.2, 0.25) is 0 Å². The Labute approximate surface area is 80.9 Å². The second-order valence-electron chi connectivity index (χ2n) is 0. The van der Waals surface area contributed by atoms with E-state index in [4.69, 9.17) is 21.0 Å². The molecule has 0 aromatic rings. The summed E-state index contributed by atoms with van der Waals surface area (Å²) in [5, 5.41) is 24.0. The maximum absolute atomic E-state index is 6.00. The Hall–Kier alpha value is 1.15. The minimum Gasteiger partial charge on any atom is -0.412 e. The maximum Gasteiger partial charge on any atom is 0 e. The minimum atomic E-state index is 0. The SMILES string of the molecule is O.O.O.OO.OO.[Ti].[Ti]. The average Bonchev–Trinajstić information content (AvgIpc) is 1.50. The summed E-state index contributed by atoms with van der Waals surface area (Å²) in [6.07, 6.45) is 0. The first-order chi connectivity index (χ1) is 2.00. The molecule has 0 atom stereocenters. The fraction of sp³-hybridized carbons (Fsp3) is 0. The normalized spacial score (nSPS) is 1.33. The van der Waals surface area contributed by atoms with Gasteiger partial charge in [-0.15, -0.1) is 0 Å². The second-order valence-corrected chi connectivity index (χ2v) is 0. The van der Waals surface area contributed by atoms with Gasteiger partial charge in [-0.1, -0.05) is 0 Å². The van der Waals surface area contributed by atoms with E-state index >= 15 is 0 Å². The van der Waals surface area contributed by atoms with Gasteiger partial charge in [-0.2, -0.15) is 0 Å². The van der Waals surface area contributed by atoms with E-state index in [1.54, 1.807) is 0 Å². The summed E-state index contributed by atoms with van der Waals surface area (Å²) in [6.45, 7) is 0. The molecule has 0 aliphatic heterocycles. The molecule has 0 saturated carbocycles. The van der Waals surface area contributed by atoms with Crippen molar-refractivity contribution in [2.75, 3.05) is 0 Å². The first-order valence-corrected chi connectivity index (χ1v) is 0.400. The topological polar surface area (TPSA) is 175 Å². The maximum atomic E-state index is 6.00. The molecule has 0 bridgehead atoms. The van der Waals surface area contributed by atoms with Crippen LogP contribution < -0.4 is 0 Å². The molecule has 0 fully saturated rings. The van der Waals surface area contributed by atoms with Gasteiger partial charge in [0, 0.05) is 43.4 Å². The monoisotopic (exact) mass is 218 g/mol. The largest absolute Gasteiger partial charge is 0.412 e. The Bertz CT molecular complexity index is 6.88. The summed E-state index contributed by atoms with van der Waals surface area (Å²) in [6, 6.07) is 0. The van der Waals surface area contributed by atoms with Gasteiger partial charge in [0.1, 0.15) is 0 Å². The molecule has 0 amide bonds. The van der Waals surface area contributed by atoms with Gasteiger partial charge < -0.3 is 16.4 Å². The number of rotatable bonds is 0. The fourth-order valence-electron chi connectivity index (χ4n) is 0. The molecule has 0 heterocycles. The van der Waals surface area contributed by atoms with Gasteiger partial charge in [0.25, 0.3) is 0 Å². The van der Waals surface area contributed by atoms with Crippen LogP contribution in [0, 0.1) is 0 Å². The van der Waals surface area contributed by atoms with Crippen LogP contribution in [-0.2, 0) is 43.4 Å². The van der Waals surface area contributed by atoms with Crippen LogP contribution in [0.4, 0.5) is 0 Å². The zero-order valence-electron chi connectivity index (χ0n) is 4.29. The van der Waals surface area contributed by atoms with Crippen molar-refractivity contribution in [2.24, 2.45) is 0 Å². The quantitative estimate of drug-likeness (QED) is 0.200. The number of hydrogen-bond acceptors (Lipinski definition) is 4. The van der Waals surface area contributed by atoms with E-state index in [9.17, 15) is 0 Å². The Balaban J connectivity index is -0.00000000114. The predicted octanol–water partition coefficient (Wildman–Crippen LogP) is -2.44. The first-order valence-electron chi connectivity index (χ1n) is 0.400. The Kier molecular flexibility index (Phi) is 4380. The summed E-state index contributed by atoms with van der Waals surface area (Å²) in [7, 11) is 0. The third-order valence-corrected chi connectivity index (χ3v) is 0. The van der Waals surface area contributed by atoms with Gasteiger partial charge in [-0.25, -0.2) is 0 Å². The molecule has 10 N–H and O–H groups in total. The van der Waals surface area contributed by atoms with Crippen LogP contribution in [0.3, 0.4) is 0 Å². The zero-order valence-corrected chi connectivity index (χ0v) is 7.41. The molecular formula is H10O7Ti2. The van der Waals surface area contributed by atoms with Crippen LogP contribution in [0.1, 0.15) is 0 Å². The van der Waals surface area contributed by atoms with Crippen LogP contribution in [0.5, 0.6) is 0 Å². The molecule has 9 heavy (non-hydrogen) atoms. The van der Waals surface area contributed by atoms with Crippen LogP contribution in [0.15, 0.2) is 0 Å². The number of hydrogen-bond donors (Lipinski definition) is 4.